The van der Waals surface area contributed by atoms with Crippen LogP contribution in [-0.4, -0.2) is 35.9 Å². The molecular weight excluding hydrogens is 328 g/mol. The molecule has 2 aromatic rings. The molecule has 1 aliphatic rings. The van der Waals surface area contributed by atoms with Gasteiger partial charge in [0, 0.05) is 24.3 Å². The lowest BCUT2D eigenvalue weighted by atomic mass is 10.1. The molecule has 2 aromatic carbocycles. The lowest BCUT2D eigenvalue weighted by Gasteiger charge is -2.26. The number of amides is 2. The molecule has 136 valence electrons. The van der Waals surface area contributed by atoms with Crippen molar-refractivity contribution in [3.05, 3.63) is 60.2 Å². The van der Waals surface area contributed by atoms with Crippen LogP contribution in [-0.2, 0) is 4.79 Å². The van der Waals surface area contributed by atoms with E-state index in [0.717, 1.165) is 25.9 Å². The number of rotatable bonds is 5. The number of hydrogen-bond donors (Lipinski definition) is 1. The molecule has 3 rings (SSSR count). The van der Waals surface area contributed by atoms with Crippen LogP contribution < -0.4 is 10.1 Å². The largest absolute Gasteiger partial charge is 0.481 e. The van der Waals surface area contributed by atoms with Gasteiger partial charge in [-0.05, 0) is 56.5 Å². The molecule has 1 fully saturated rings. The van der Waals surface area contributed by atoms with Crippen molar-refractivity contribution in [2.24, 2.45) is 0 Å². The van der Waals surface area contributed by atoms with E-state index in [4.69, 9.17) is 4.74 Å². The third kappa shape index (κ3) is 4.63. The first-order valence-corrected chi connectivity index (χ1v) is 9.05. The van der Waals surface area contributed by atoms with Crippen molar-refractivity contribution in [1.82, 2.24) is 4.90 Å². The van der Waals surface area contributed by atoms with E-state index in [1.54, 1.807) is 31.2 Å². The summed E-state index contributed by atoms with van der Waals surface area (Å²) in [6.45, 7) is 3.31. The Bertz CT molecular complexity index is 755. The zero-order valence-corrected chi connectivity index (χ0v) is 15.0. The Morgan fingerprint density at radius 1 is 1.00 bits per heavy atom. The minimum atomic E-state index is -0.640. The van der Waals surface area contributed by atoms with Crippen molar-refractivity contribution < 1.29 is 14.3 Å². The van der Waals surface area contributed by atoms with Crippen LogP contribution in [0.15, 0.2) is 54.6 Å². The zero-order valence-electron chi connectivity index (χ0n) is 15.0. The average molecular weight is 352 g/mol. The molecule has 2 amide bonds. The molecule has 1 unspecified atom stereocenters. The predicted molar refractivity (Wildman–Crippen MR) is 101 cm³/mol. The maximum atomic E-state index is 12.6. The molecule has 5 nitrogen and oxygen atoms in total. The summed E-state index contributed by atoms with van der Waals surface area (Å²) in [5.74, 6) is 0.412. The highest BCUT2D eigenvalue weighted by molar-refractivity contribution is 5.98. The Balaban J connectivity index is 1.62. The van der Waals surface area contributed by atoms with Gasteiger partial charge in [-0.25, -0.2) is 0 Å². The summed E-state index contributed by atoms with van der Waals surface area (Å²) in [4.78, 5) is 26.9. The number of ether oxygens (including phenoxy) is 1. The molecule has 1 heterocycles. The number of carbonyl (C=O) groups excluding carboxylic acids is 2. The number of nitrogens with one attached hydrogen (secondary N) is 1. The summed E-state index contributed by atoms with van der Waals surface area (Å²) in [7, 11) is 0. The van der Waals surface area contributed by atoms with E-state index >= 15 is 0 Å². The first-order valence-electron chi connectivity index (χ1n) is 9.05. The van der Waals surface area contributed by atoms with Crippen LogP contribution in [0.1, 0.15) is 36.5 Å². The van der Waals surface area contributed by atoms with Crippen molar-refractivity contribution in [1.29, 1.82) is 0 Å². The SMILES string of the molecule is CC(Oc1ccccc1)C(=O)Nc1cccc(C(=O)N2CCCCC2)c1. The number of nitrogens with zero attached hydrogens (tertiary/aromatic N) is 1. The smallest absolute Gasteiger partial charge is 0.265 e. The van der Waals surface area contributed by atoms with Gasteiger partial charge < -0.3 is 15.0 Å². The highest BCUT2D eigenvalue weighted by atomic mass is 16.5. The molecule has 5 heteroatoms. The molecule has 0 aromatic heterocycles. The van der Waals surface area contributed by atoms with E-state index in [2.05, 4.69) is 5.32 Å². The van der Waals surface area contributed by atoms with E-state index < -0.39 is 6.10 Å². The highest BCUT2D eigenvalue weighted by Gasteiger charge is 2.19. The minimum Gasteiger partial charge on any atom is -0.481 e. The molecule has 1 atom stereocenters. The topological polar surface area (TPSA) is 58.6 Å². The van der Waals surface area contributed by atoms with Crippen molar-refractivity contribution in [2.75, 3.05) is 18.4 Å². The van der Waals surface area contributed by atoms with E-state index in [-0.39, 0.29) is 11.8 Å². The van der Waals surface area contributed by atoms with Gasteiger partial charge in [-0.15, -0.1) is 0 Å². The fourth-order valence-corrected chi connectivity index (χ4v) is 3.01. The molecule has 0 bridgehead atoms. The van der Waals surface area contributed by atoms with Crippen LogP contribution >= 0.6 is 0 Å². The van der Waals surface area contributed by atoms with Crippen molar-refractivity contribution in [3.8, 4) is 5.75 Å². The summed E-state index contributed by atoms with van der Waals surface area (Å²) >= 11 is 0. The summed E-state index contributed by atoms with van der Waals surface area (Å²) < 4.78 is 5.63. The lowest BCUT2D eigenvalue weighted by molar-refractivity contribution is -0.122. The number of benzene rings is 2. The molecule has 0 aliphatic carbocycles. The Kier molecular flexibility index (Phi) is 5.89. The second-order valence-electron chi connectivity index (χ2n) is 6.50. The first-order chi connectivity index (χ1) is 12.6. The van der Waals surface area contributed by atoms with Crippen LogP contribution in [0.3, 0.4) is 0 Å². The van der Waals surface area contributed by atoms with Gasteiger partial charge in [0.25, 0.3) is 11.8 Å². The Labute approximate surface area is 154 Å². The fourth-order valence-electron chi connectivity index (χ4n) is 3.01. The molecule has 1 N–H and O–H groups in total. The van der Waals surface area contributed by atoms with Gasteiger partial charge in [0.1, 0.15) is 5.75 Å². The number of para-hydroxylation sites is 1. The number of piperidine rings is 1. The Hall–Kier alpha value is -2.82. The summed E-state index contributed by atoms with van der Waals surface area (Å²) in [6.07, 6.45) is 2.64. The van der Waals surface area contributed by atoms with Crippen LogP contribution in [0.5, 0.6) is 5.75 Å². The van der Waals surface area contributed by atoms with Crippen LogP contribution in [0.4, 0.5) is 5.69 Å². The maximum Gasteiger partial charge on any atom is 0.265 e. The van der Waals surface area contributed by atoms with Gasteiger partial charge in [0.05, 0.1) is 0 Å². The number of anilines is 1. The molecule has 26 heavy (non-hydrogen) atoms. The molecule has 0 saturated carbocycles. The molecular formula is C21H24N2O3. The van der Waals surface area contributed by atoms with Gasteiger partial charge in [-0.3, -0.25) is 9.59 Å². The third-order valence-corrected chi connectivity index (χ3v) is 4.45. The molecule has 1 aliphatic heterocycles. The van der Waals surface area contributed by atoms with Gasteiger partial charge in [0.15, 0.2) is 6.10 Å². The van der Waals surface area contributed by atoms with E-state index in [1.807, 2.05) is 35.2 Å². The third-order valence-electron chi connectivity index (χ3n) is 4.45. The predicted octanol–water partition coefficient (Wildman–Crippen LogP) is 3.72. The second kappa shape index (κ2) is 8.52. The first kappa shape index (κ1) is 18.0. The van der Waals surface area contributed by atoms with Crippen molar-refractivity contribution in [2.45, 2.75) is 32.3 Å². The van der Waals surface area contributed by atoms with Crippen molar-refractivity contribution in [3.63, 3.8) is 0 Å². The fraction of sp³-hybridized carbons (Fsp3) is 0.333. The summed E-state index contributed by atoms with van der Waals surface area (Å²) in [5, 5.41) is 2.83. The van der Waals surface area contributed by atoms with Crippen LogP contribution in [0.2, 0.25) is 0 Å². The Morgan fingerprint density at radius 3 is 2.46 bits per heavy atom. The standard InChI is InChI=1S/C21H24N2O3/c1-16(26-19-11-4-2-5-12-19)20(24)22-18-10-8-9-17(15-18)21(25)23-13-6-3-7-14-23/h2,4-5,8-12,15-16H,3,6-7,13-14H2,1H3,(H,22,24). The Morgan fingerprint density at radius 2 is 1.73 bits per heavy atom. The van der Waals surface area contributed by atoms with Crippen LogP contribution in [0.25, 0.3) is 0 Å². The number of carbonyl (C=O) groups is 2. The summed E-state index contributed by atoms with van der Waals surface area (Å²) in [6, 6.07) is 16.3. The lowest BCUT2D eigenvalue weighted by Crippen LogP contribution is -2.35. The molecule has 0 radical (unpaired) electrons. The van der Waals surface area contributed by atoms with Gasteiger partial charge >= 0.3 is 0 Å². The zero-order chi connectivity index (χ0) is 18.4. The minimum absolute atomic E-state index is 0.0226. The van der Waals surface area contributed by atoms with Gasteiger partial charge in [-0.1, -0.05) is 24.3 Å². The number of hydrogen-bond acceptors (Lipinski definition) is 3. The summed E-state index contributed by atoms with van der Waals surface area (Å²) in [5.41, 5.74) is 1.20. The number of likely N-dealkylation sites (tertiary alicyclic amines) is 1. The van der Waals surface area contributed by atoms with Crippen LogP contribution in [0, 0.1) is 0 Å². The van der Waals surface area contributed by atoms with Gasteiger partial charge in [0.2, 0.25) is 0 Å². The highest BCUT2D eigenvalue weighted by Crippen LogP contribution is 2.17. The van der Waals surface area contributed by atoms with E-state index in [0.29, 0.717) is 17.0 Å². The van der Waals surface area contributed by atoms with E-state index in [9.17, 15) is 9.59 Å². The van der Waals surface area contributed by atoms with Gasteiger partial charge in [-0.2, -0.15) is 0 Å². The van der Waals surface area contributed by atoms with Crippen molar-refractivity contribution >= 4 is 17.5 Å². The normalized spacial score (nSPS) is 15.2. The molecule has 1 saturated heterocycles. The van der Waals surface area contributed by atoms with E-state index in [1.165, 1.54) is 6.42 Å². The maximum absolute atomic E-state index is 12.6. The average Bonchev–Trinajstić information content (AvgIpc) is 2.69. The monoisotopic (exact) mass is 352 g/mol. The molecule has 0 spiro atoms. The quantitative estimate of drug-likeness (QED) is 0.892. The second-order valence-corrected chi connectivity index (χ2v) is 6.50.